The van der Waals surface area contributed by atoms with E-state index in [2.05, 4.69) is 39.6 Å². The van der Waals surface area contributed by atoms with E-state index in [4.69, 9.17) is 4.42 Å². The number of carbonyl (C=O) groups excluding carboxylic acids is 1. The van der Waals surface area contributed by atoms with E-state index in [1.807, 2.05) is 24.9 Å². The molecule has 1 aliphatic rings. The van der Waals surface area contributed by atoms with Crippen LogP contribution in [0.25, 0.3) is 0 Å². The van der Waals surface area contributed by atoms with Gasteiger partial charge in [0.2, 0.25) is 0 Å². The Morgan fingerprint density at radius 2 is 1.79 bits per heavy atom. The summed E-state index contributed by atoms with van der Waals surface area (Å²) in [5.41, 5.74) is 0.635. The molecule has 1 aromatic heterocycles. The fourth-order valence-corrected chi connectivity index (χ4v) is 4.22. The fraction of sp³-hybridized carbons (Fsp3) is 0.750. The van der Waals surface area contributed by atoms with Crippen molar-refractivity contribution >= 4 is 5.91 Å². The molecular weight excluding hydrogens is 300 g/mol. The highest BCUT2D eigenvalue weighted by Crippen LogP contribution is 2.40. The van der Waals surface area contributed by atoms with Gasteiger partial charge < -0.3 is 4.42 Å². The summed E-state index contributed by atoms with van der Waals surface area (Å²) in [6, 6.07) is 1.88. The van der Waals surface area contributed by atoms with Gasteiger partial charge in [-0.2, -0.15) is 0 Å². The lowest BCUT2D eigenvalue weighted by Gasteiger charge is -2.56. The minimum atomic E-state index is -0.0299. The minimum absolute atomic E-state index is 0.0299. The van der Waals surface area contributed by atoms with E-state index in [0.29, 0.717) is 11.3 Å². The standard InChI is InChI=1S/C20H34N2O2/c1-8-9-13-21(18(23)17-14-15(2)24-16(17)3)22-19(4,5)11-10-12-20(22,6)7/h14H,8-13H2,1-7H3. The van der Waals surface area contributed by atoms with E-state index in [1.165, 1.54) is 6.42 Å². The Balaban J connectivity index is 2.43. The van der Waals surface area contributed by atoms with E-state index in [1.54, 1.807) is 0 Å². The van der Waals surface area contributed by atoms with Crippen molar-refractivity contribution in [2.24, 2.45) is 0 Å². The third kappa shape index (κ3) is 3.69. The van der Waals surface area contributed by atoms with Crippen LogP contribution in [0.3, 0.4) is 0 Å². The van der Waals surface area contributed by atoms with Crippen LogP contribution in [0.5, 0.6) is 0 Å². The van der Waals surface area contributed by atoms with Gasteiger partial charge in [-0.15, -0.1) is 0 Å². The average Bonchev–Trinajstić information content (AvgIpc) is 2.79. The fourth-order valence-electron chi connectivity index (χ4n) is 4.22. The summed E-state index contributed by atoms with van der Waals surface area (Å²) >= 11 is 0. The molecule has 24 heavy (non-hydrogen) atoms. The van der Waals surface area contributed by atoms with Gasteiger partial charge in [-0.05, 0) is 73.3 Å². The molecule has 1 aliphatic heterocycles. The van der Waals surface area contributed by atoms with Gasteiger partial charge in [0.1, 0.15) is 11.5 Å². The van der Waals surface area contributed by atoms with E-state index in [0.717, 1.165) is 38.0 Å². The van der Waals surface area contributed by atoms with Gasteiger partial charge in [0.25, 0.3) is 5.91 Å². The number of hydrogen-bond acceptors (Lipinski definition) is 3. The molecule has 4 heteroatoms. The number of hydrazine groups is 1. The number of piperidine rings is 1. The average molecular weight is 335 g/mol. The van der Waals surface area contributed by atoms with Crippen LogP contribution < -0.4 is 0 Å². The number of rotatable bonds is 5. The van der Waals surface area contributed by atoms with E-state index >= 15 is 0 Å². The topological polar surface area (TPSA) is 36.7 Å². The Bertz CT molecular complexity index is 570. The van der Waals surface area contributed by atoms with E-state index in [-0.39, 0.29) is 17.0 Å². The van der Waals surface area contributed by atoms with Crippen molar-refractivity contribution in [1.82, 2.24) is 10.0 Å². The summed E-state index contributed by atoms with van der Waals surface area (Å²) in [6.45, 7) is 15.7. The number of unbranched alkanes of at least 4 members (excludes halogenated alkanes) is 1. The lowest BCUT2D eigenvalue weighted by atomic mass is 9.81. The first kappa shape index (κ1) is 19.0. The number of aryl methyl sites for hydroxylation is 2. The minimum Gasteiger partial charge on any atom is -0.466 e. The summed E-state index contributed by atoms with van der Waals surface area (Å²) in [5, 5.41) is 4.35. The second kappa shape index (κ2) is 6.91. The number of nitrogens with zero attached hydrogens (tertiary/aromatic N) is 2. The Labute approximate surface area is 147 Å². The van der Waals surface area contributed by atoms with Gasteiger partial charge >= 0.3 is 0 Å². The maximum absolute atomic E-state index is 13.4. The summed E-state index contributed by atoms with van der Waals surface area (Å²) < 4.78 is 5.62. The highest BCUT2D eigenvalue weighted by molar-refractivity contribution is 5.95. The lowest BCUT2D eigenvalue weighted by molar-refractivity contribution is -0.159. The third-order valence-electron chi connectivity index (χ3n) is 5.19. The van der Waals surface area contributed by atoms with Crippen LogP contribution in [0.1, 0.15) is 88.6 Å². The third-order valence-corrected chi connectivity index (χ3v) is 5.19. The molecule has 4 nitrogen and oxygen atoms in total. The van der Waals surface area contributed by atoms with Crippen molar-refractivity contribution in [3.05, 3.63) is 23.2 Å². The van der Waals surface area contributed by atoms with Gasteiger partial charge in [0, 0.05) is 17.6 Å². The number of furan rings is 1. The van der Waals surface area contributed by atoms with Crippen molar-refractivity contribution in [2.75, 3.05) is 6.54 Å². The molecule has 0 N–H and O–H groups in total. The highest BCUT2D eigenvalue weighted by atomic mass is 16.3. The van der Waals surface area contributed by atoms with Crippen LogP contribution >= 0.6 is 0 Å². The van der Waals surface area contributed by atoms with Crippen LogP contribution in [0, 0.1) is 13.8 Å². The predicted octanol–water partition coefficient (Wildman–Crippen LogP) is 5.10. The zero-order valence-electron chi connectivity index (χ0n) is 16.5. The highest BCUT2D eigenvalue weighted by Gasteiger charge is 2.46. The molecular formula is C20H34N2O2. The van der Waals surface area contributed by atoms with Crippen LogP contribution in [-0.2, 0) is 0 Å². The second-order valence-electron chi connectivity index (χ2n) is 8.40. The normalized spacial score (nSPS) is 20.1. The van der Waals surface area contributed by atoms with Gasteiger partial charge in [0.15, 0.2) is 0 Å². The number of amides is 1. The SMILES string of the molecule is CCCCN(C(=O)c1cc(C)oc1C)N1C(C)(C)CCCC1(C)C. The Hall–Kier alpha value is -1.29. The zero-order valence-corrected chi connectivity index (χ0v) is 16.5. The number of carbonyl (C=O) groups is 1. The molecule has 1 amide bonds. The zero-order chi connectivity index (χ0) is 18.1. The molecule has 1 aromatic rings. The predicted molar refractivity (Wildman–Crippen MR) is 98.0 cm³/mol. The van der Waals surface area contributed by atoms with Crippen LogP contribution in [0.4, 0.5) is 0 Å². The van der Waals surface area contributed by atoms with Gasteiger partial charge in [-0.1, -0.05) is 13.3 Å². The molecule has 0 aliphatic carbocycles. The van der Waals surface area contributed by atoms with Crippen LogP contribution in [-0.4, -0.2) is 33.5 Å². The maximum Gasteiger partial charge on any atom is 0.271 e. The quantitative estimate of drug-likeness (QED) is 0.752. The summed E-state index contributed by atoms with van der Waals surface area (Å²) in [4.78, 5) is 13.4. The first-order chi connectivity index (χ1) is 11.1. The summed E-state index contributed by atoms with van der Waals surface area (Å²) in [7, 11) is 0. The smallest absolute Gasteiger partial charge is 0.271 e. The molecule has 0 saturated carbocycles. The van der Waals surface area contributed by atoms with Crippen molar-refractivity contribution in [2.45, 2.75) is 91.6 Å². The van der Waals surface area contributed by atoms with E-state index in [9.17, 15) is 4.79 Å². The molecule has 0 spiro atoms. The van der Waals surface area contributed by atoms with Gasteiger partial charge in [-0.3, -0.25) is 9.80 Å². The number of hydrogen-bond donors (Lipinski definition) is 0. The molecule has 2 rings (SSSR count). The molecule has 1 saturated heterocycles. The molecule has 2 heterocycles. The first-order valence-electron chi connectivity index (χ1n) is 9.29. The van der Waals surface area contributed by atoms with Crippen molar-refractivity contribution < 1.29 is 9.21 Å². The van der Waals surface area contributed by atoms with Crippen LogP contribution in [0.2, 0.25) is 0 Å². The molecule has 136 valence electrons. The Morgan fingerprint density at radius 3 is 2.25 bits per heavy atom. The molecule has 1 fully saturated rings. The van der Waals surface area contributed by atoms with Gasteiger partial charge in [-0.25, -0.2) is 5.01 Å². The van der Waals surface area contributed by atoms with Crippen molar-refractivity contribution in [3.8, 4) is 0 Å². The molecule has 0 atom stereocenters. The monoisotopic (exact) mass is 334 g/mol. The summed E-state index contributed by atoms with van der Waals surface area (Å²) in [5.74, 6) is 1.58. The lowest BCUT2D eigenvalue weighted by Crippen LogP contribution is -2.66. The largest absolute Gasteiger partial charge is 0.466 e. The van der Waals surface area contributed by atoms with Crippen LogP contribution in [0.15, 0.2) is 10.5 Å². The molecule has 0 bridgehead atoms. The molecule has 0 aromatic carbocycles. The van der Waals surface area contributed by atoms with Crippen molar-refractivity contribution in [3.63, 3.8) is 0 Å². The first-order valence-corrected chi connectivity index (χ1v) is 9.29. The van der Waals surface area contributed by atoms with Crippen molar-refractivity contribution in [1.29, 1.82) is 0 Å². The van der Waals surface area contributed by atoms with Gasteiger partial charge in [0.05, 0.1) is 5.56 Å². The molecule has 0 radical (unpaired) electrons. The second-order valence-corrected chi connectivity index (χ2v) is 8.40. The Kier molecular flexibility index (Phi) is 5.48. The Morgan fingerprint density at radius 1 is 1.21 bits per heavy atom. The maximum atomic E-state index is 13.4. The molecule has 0 unspecified atom stereocenters. The summed E-state index contributed by atoms with van der Waals surface area (Å²) in [6.07, 6.45) is 5.49. The van der Waals surface area contributed by atoms with E-state index < -0.39 is 0 Å².